The summed E-state index contributed by atoms with van der Waals surface area (Å²) in [6.45, 7) is 2.12. The van der Waals surface area contributed by atoms with Gasteiger partial charge in [-0.3, -0.25) is 4.55 Å². The molecule has 0 aromatic heterocycles. The molecule has 0 aliphatic carbocycles. The highest BCUT2D eigenvalue weighted by molar-refractivity contribution is 8.00. The average molecular weight is 211 g/mol. The molecule has 0 unspecified atom stereocenters. The third kappa shape index (κ3) is 3.75. The molecule has 1 fully saturated rings. The van der Waals surface area contributed by atoms with Crippen molar-refractivity contribution in [1.29, 1.82) is 0 Å². The van der Waals surface area contributed by atoms with Crippen LogP contribution < -0.4 is 4.72 Å². The van der Waals surface area contributed by atoms with E-state index in [2.05, 4.69) is 11.6 Å². The van der Waals surface area contributed by atoms with E-state index in [9.17, 15) is 8.42 Å². The van der Waals surface area contributed by atoms with Crippen LogP contribution in [0.4, 0.5) is 0 Å². The molecule has 0 radical (unpaired) electrons. The standard InChI is InChI=1S/C6H13NO3S2/c1-5-2-3-6(4-11-5)7-12(8,9)10/h5-7H,2-4H2,1H3,(H,8,9,10)/t5-,6-/m1/s1. The summed E-state index contributed by atoms with van der Waals surface area (Å²) in [6.07, 6.45) is 1.81. The molecule has 2 N–H and O–H groups in total. The van der Waals surface area contributed by atoms with Crippen LogP contribution in [-0.2, 0) is 10.3 Å². The zero-order chi connectivity index (χ0) is 9.19. The molecule has 0 spiro atoms. The monoisotopic (exact) mass is 211 g/mol. The zero-order valence-electron chi connectivity index (χ0n) is 6.86. The van der Waals surface area contributed by atoms with Crippen molar-refractivity contribution >= 4 is 22.1 Å². The van der Waals surface area contributed by atoms with Gasteiger partial charge in [0, 0.05) is 17.0 Å². The predicted octanol–water partition coefficient (Wildman–Crippen LogP) is 0.663. The van der Waals surface area contributed by atoms with Crippen molar-refractivity contribution < 1.29 is 13.0 Å². The summed E-state index contributed by atoms with van der Waals surface area (Å²) in [7, 11) is -4.00. The zero-order valence-corrected chi connectivity index (χ0v) is 8.49. The van der Waals surface area contributed by atoms with Gasteiger partial charge in [0.1, 0.15) is 0 Å². The molecule has 0 bridgehead atoms. The molecule has 2 atom stereocenters. The Morgan fingerprint density at radius 2 is 2.17 bits per heavy atom. The predicted molar refractivity (Wildman–Crippen MR) is 49.6 cm³/mol. The first-order chi connectivity index (χ1) is 5.47. The van der Waals surface area contributed by atoms with Gasteiger partial charge >= 0.3 is 10.3 Å². The molecule has 1 saturated heterocycles. The molecule has 1 heterocycles. The van der Waals surface area contributed by atoms with Crippen molar-refractivity contribution in [3.05, 3.63) is 0 Å². The van der Waals surface area contributed by atoms with Gasteiger partial charge in [-0.25, -0.2) is 0 Å². The molecule has 0 amide bonds. The first-order valence-electron chi connectivity index (χ1n) is 3.84. The highest BCUT2D eigenvalue weighted by atomic mass is 32.2. The van der Waals surface area contributed by atoms with E-state index in [1.165, 1.54) is 0 Å². The Labute approximate surface area is 77.0 Å². The smallest absolute Gasteiger partial charge is 0.273 e. The summed E-state index contributed by atoms with van der Waals surface area (Å²) in [5.74, 6) is 0.751. The summed E-state index contributed by atoms with van der Waals surface area (Å²) in [5.41, 5.74) is 0. The van der Waals surface area contributed by atoms with Crippen LogP contribution in [0.25, 0.3) is 0 Å². The van der Waals surface area contributed by atoms with Gasteiger partial charge in [0.05, 0.1) is 0 Å². The lowest BCUT2D eigenvalue weighted by Gasteiger charge is -2.25. The van der Waals surface area contributed by atoms with Gasteiger partial charge in [-0.15, -0.1) is 0 Å². The molecule has 1 rings (SSSR count). The average Bonchev–Trinajstić information content (AvgIpc) is 1.91. The van der Waals surface area contributed by atoms with Crippen LogP contribution in [0.3, 0.4) is 0 Å². The summed E-state index contributed by atoms with van der Waals surface area (Å²) in [4.78, 5) is 0. The highest BCUT2D eigenvalue weighted by Crippen LogP contribution is 2.24. The minimum Gasteiger partial charge on any atom is -0.273 e. The molecule has 0 aromatic carbocycles. The number of thioether (sulfide) groups is 1. The molecule has 6 heteroatoms. The van der Waals surface area contributed by atoms with Crippen molar-refractivity contribution in [2.24, 2.45) is 0 Å². The second-order valence-corrected chi connectivity index (χ2v) is 5.67. The number of hydrogen-bond donors (Lipinski definition) is 2. The van der Waals surface area contributed by atoms with Crippen LogP contribution in [0.1, 0.15) is 19.8 Å². The SMILES string of the molecule is C[C@@H]1CC[C@@H](NS(=O)(=O)O)CS1. The molecule has 0 saturated carbocycles. The van der Waals surface area contributed by atoms with E-state index >= 15 is 0 Å². The summed E-state index contributed by atoms with van der Waals surface area (Å²) in [5, 5.41) is 0.601. The molecule has 12 heavy (non-hydrogen) atoms. The highest BCUT2D eigenvalue weighted by Gasteiger charge is 2.21. The van der Waals surface area contributed by atoms with E-state index in [0.29, 0.717) is 5.25 Å². The second-order valence-electron chi connectivity index (χ2n) is 3.01. The van der Waals surface area contributed by atoms with Gasteiger partial charge in [0.25, 0.3) is 0 Å². The maximum atomic E-state index is 10.4. The largest absolute Gasteiger partial charge is 0.333 e. The summed E-state index contributed by atoms with van der Waals surface area (Å²) in [6, 6.07) is -0.0961. The van der Waals surface area contributed by atoms with Crippen molar-refractivity contribution in [1.82, 2.24) is 4.72 Å². The van der Waals surface area contributed by atoms with Gasteiger partial charge in [0.15, 0.2) is 0 Å². The maximum absolute atomic E-state index is 10.4. The Morgan fingerprint density at radius 1 is 1.50 bits per heavy atom. The lowest BCUT2D eigenvalue weighted by molar-refractivity contribution is 0.447. The van der Waals surface area contributed by atoms with Crippen molar-refractivity contribution in [3.63, 3.8) is 0 Å². The van der Waals surface area contributed by atoms with Gasteiger partial charge in [-0.1, -0.05) is 6.92 Å². The normalized spacial score (nSPS) is 31.8. The summed E-state index contributed by atoms with van der Waals surface area (Å²) < 4.78 is 31.5. The maximum Gasteiger partial charge on any atom is 0.333 e. The van der Waals surface area contributed by atoms with Crippen LogP contribution in [0.15, 0.2) is 0 Å². The molecule has 72 valence electrons. The fraction of sp³-hybridized carbons (Fsp3) is 1.00. The third-order valence-electron chi connectivity index (χ3n) is 1.82. The Bertz CT molecular complexity index is 231. The Morgan fingerprint density at radius 3 is 2.58 bits per heavy atom. The lowest BCUT2D eigenvalue weighted by Crippen LogP contribution is -2.38. The van der Waals surface area contributed by atoms with Crippen molar-refractivity contribution in [2.45, 2.75) is 31.1 Å². The number of rotatable bonds is 2. The molecular weight excluding hydrogens is 198 g/mol. The van der Waals surface area contributed by atoms with Crippen LogP contribution in [0.2, 0.25) is 0 Å². The van der Waals surface area contributed by atoms with Crippen LogP contribution in [0.5, 0.6) is 0 Å². The molecule has 1 aliphatic heterocycles. The fourth-order valence-corrected chi connectivity index (χ4v) is 3.03. The van der Waals surface area contributed by atoms with E-state index in [0.717, 1.165) is 18.6 Å². The number of hydrogen-bond acceptors (Lipinski definition) is 3. The second kappa shape index (κ2) is 3.95. The van der Waals surface area contributed by atoms with E-state index in [4.69, 9.17) is 4.55 Å². The Balaban J connectivity index is 2.36. The van der Waals surface area contributed by atoms with Gasteiger partial charge in [-0.05, 0) is 12.8 Å². The van der Waals surface area contributed by atoms with Crippen LogP contribution in [-0.4, -0.2) is 30.0 Å². The van der Waals surface area contributed by atoms with E-state index < -0.39 is 10.3 Å². The topological polar surface area (TPSA) is 66.4 Å². The lowest BCUT2D eigenvalue weighted by atomic mass is 10.1. The van der Waals surface area contributed by atoms with Crippen molar-refractivity contribution in [2.75, 3.05) is 5.75 Å². The quantitative estimate of drug-likeness (QED) is 0.659. The molecule has 1 aliphatic rings. The summed E-state index contributed by atoms with van der Waals surface area (Å²) >= 11 is 1.73. The third-order valence-corrected chi connectivity index (χ3v) is 3.85. The molecule has 0 aromatic rings. The number of nitrogens with one attached hydrogen (secondary N) is 1. The first kappa shape index (κ1) is 10.3. The van der Waals surface area contributed by atoms with Gasteiger partial charge in [0.2, 0.25) is 0 Å². The minimum atomic E-state index is -4.00. The van der Waals surface area contributed by atoms with E-state index in [1.54, 1.807) is 11.8 Å². The first-order valence-corrected chi connectivity index (χ1v) is 6.32. The fourth-order valence-electron chi connectivity index (χ4n) is 1.19. The van der Waals surface area contributed by atoms with E-state index in [1.807, 2.05) is 0 Å². The van der Waals surface area contributed by atoms with E-state index in [-0.39, 0.29) is 6.04 Å². The molecule has 4 nitrogen and oxygen atoms in total. The van der Waals surface area contributed by atoms with Gasteiger partial charge in [-0.2, -0.15) is 24.9 Å². The Hall–Kier alpha value is 0.220. The Kier molecular flexibility index (Phi) is 3.39. The van der Waals surface area contributed by atoms with Crippen LogP contribution >= 0.6 is 11.8 Å². The minimum absolute atomic E-state index is 0.0961. The van der Waals surface area contributed by atoms with Crippen LogP contribution in [0, 0.1) is 0 Å². The van der Waals surface area contributed by atoms with Crippen molar-refractivity contribution in [3.8, 4) is 0 Å². The van der Waals surface area contributed by atoms with Gasteiger partial charge < -0.3 is 0 Å². The molecular formula is C6H13NO3S2.